The van der Waals surface area contributed by atoms with Crippen LogP contribution in [0.5, 0.6) is 23.0 Å². The molecule has 0 saturated heterocycles. The Morgan fingerprint density at radius 2 is 0.968 bits per heavy atom. The third-order valence-corrected chi connectivity index (χ3v) is 11.0. The van der Waals surface area contributed by atoms with Crippen LogP contribution in [0.4, 0.5) is 36.2 Å². The maximum Gasteiger partial charge on any atom is 0.418 e. The third kappa shape index (κ3) is 7.15. The maximum absolute atomic E-state index is 13.8. The molecule has 4 heterocycles. The number of anilines is 2. The molecule has 7 aromatic carbocycles. The molecule has 0 atom stereocenters. The summed E-state index contributed by atoms with van der Waals surface area (Å²) in [4.78, 5) is 18.6. The van der Waals surface area contributed by atoms with Crippen molar-refractivity contribution in [3.05, 3.63) is 192 Å². The second-order valence-electron chi connectivity index (χ2n) is 15.3. The molecular formula is C52H33F3N6O2. The number of nitrogens with zero attached hydrogens (tertiary/aromatic N) is 4. The van der Waals surface area contributed by atoms with E-state index >= 15 is 0 Å². The normalized spacial score (nSPS) is 14.0. The number of nitrogens with one attached hydrogen (secondary N) is 2. The summed E-state index contributed by atoms with van der Waals surface area (Å²) in [5.41, 5.74) is 7.55. The predicted octanol–water partition coefficient (Wildman–Crippen LogP) is 14.0. The SMILES string of the molecule is Cc1cnc(N=C2Nc3cccc4cc(-c5ccc(-c6cc7c8c(cccc8c6)NC7=Nc6ncc(C(F)(F)F)cc6Oc6ccccc6)cc5)cc2c34)c(Oc2ccccc2)c1. The lowest BCUT2D eigenvalue weighted by molar-refractivity contribution is -0.137. The van der Waals surface area contributed by atoms with E-state index in [0.29, 0.717) is 34.7 Å². The first-order valence-corrected chi connectivity index (χ1v) is 20.2. The number of aryl methyl sites for hydroxylation is 1. The Labute approximate surface area is 359 Å². The van der Waals surface area contributed by atoms with Crippen LogP contribution in [-0.4, -0.2) is 21.6 Å². The summed E-state index contributed by atoms with van der Waals surface area (Å²) in [5, 5.41) is 11.0. The van der Waals surface area contributed by atoms with Crippen LogP contribution >= 0.6 is 0 Å². The number of alkyl halides is 3. The number of hydrogen-bond acceptors (Lipinski definition) is 6. The van der Waals surface area contributed by atoms with Gasteiger partial charge >= 0.3 is 6.18 Å². The molecule has 0 unspecified atom stereocenters. The number of hydrogen-bond donors (Lipinski definition) is 2. The van der Waals surface area contributed by atoms with Crippen LogP contribution in [0.25, 0.3) is 43.8 Å². The van der Waals surface area contributed by atoms with Gasteiger partial charge in [0.05, 0.1) is 5.56 Å². The van der Waals surface area contributed by atoms with Crippen LogP contribution in [-0.2, 0) is 6.18 Å². The van der Waals surface area contributed by atoms with Crippen LogP contribution in [0, 0.1) is 6.92 Å². The first-order valence-electron chi connectivity index (χ1n) is 20.2. The number of pyridine rings is 2. The Bertz CT molecular complexity index is 3340. The Hall–Kier alpha value is -8.31. The van der Waals surface area contributed by atoms with E-state index in [-0.39, 0.29) is 11.6 Å². The lowest BCUT2D eigenvalue weighted by Crippen LogP contribution is -2.08. The quantitative estimate of drug-likeness (QED) is 0.158. The fourth-order valence-electron chi connectivity index (χ4n) is 8.08. The molecule has 63 heavy (non-hydrogen) atoms. The Morgan fingerprint density at radius 3 is 1.46 bits per heavy atom. The van der Waals surface area contributed by atoms with Crippen molar-refractivity contribution in [2.75, 3.05) is 10.6 Å². The minimum atomic E-state index is -4.61. The third-order valence-electron chi connectivity index (χ3n) is 11.0. The zero-order chi connectivity index (χ0) is 42.7. The van der Waals surface area contributed by atoms with Crippen molar-refractivity contribution < 1.29 is 22.6 Å². The summed E-state index contributed by atoms with van der Waals surface area (Å²) in [7, 11) is 0. The zero-order valence-corrected chi connectivity index (χ0v) is 33.4. The van der Waals surface area contributed by atoms with Crippen LogP contribution in [0.1, 0.15) is 22.3 Å². The van der Waals surface area contributed by atoms with Gasteiger partial charge in [-0.2, -0.15) is 13.2 Å². The number of aliphatic imine (C=N–C) groups is 2. The van der Waals surface area contributed by atoms with Crippen LogP contribution < -0.4 is 20.1 Å². The average Bonchev–Trinajstić information content (AvgIpc) is 3.83. The molecule has 9 aromatic rings. The number of rotatable bonds is 8. The molecule has 2 aliphatic rings. The van der Waals surface area contributed by atoms with Gasteiger partial charge in [0.1, 0.15) is 23.2 Å². The highest BCUT2D eigenvalue weighted by molar-refractivity contribution is 6.28. The van der Waals surface area contributed by atoms with E-state index in [1.165, 1.54) is 0 Å². The van der Waals surface area contributed by atoms with Gasteiger partial charge in [-0.15, -0.1) is 0 Å². The first kappa shape index (κ1) is 37.7. The second-order valence-corrected chi connectivity index (χ2v) is 15.3. The van der Waals surface area contributed by atoms with Crippen molar-refractivity contribution in [1.82, 2.24) is 9.97 Å². The summed E-state index contributed by atoms with van der Waals surface area (Å²) in [6.07, 6.45) is -2.05. The van der Waals surface area contributed by atoms with Gasteiger partial charge in [-0.25, -0.2) is 20.0 Å². The summed E-state index contributed by atoms with van der Waals surface area (Å²) in [5.74, 6) is 3.11. The van der Waals surface area contributed by atoms with E-state index in [1.54, 1.807) is 36.5 Å². The van der Waals surface area contributed by atoms with E-state index < -0.39 is 11.7 Å². The first-order chi connectivity index (χ1) is 30.7. The van der Waals surface area contributed by atoms with Crippen molar-refractivity contribution in [3.8, 4) is 45.3 Å². The van der Waals surface area contributed by atoms with E-state index in [0.717, 1.165) is 84.1 Å². The van der Waals surface area contributed by atoms with Crippen LogP contribution in [0.3, 0.4) is 0 Å². The molecule has 0 bridgehead atoms. The molecule has 2 N–H and O–H groups in total. The number of amidine groups is 2. The summed E-state index contributed by atoms with van der Waals surface area (Å²) < 4.78 is 53.6. The monoisotopic (exact) mass is 830 g/mol. The Balaban J connectivity index is 0.943. The number of aromatic nitrogens is 2. The number of ether oxygens (including phenoxy) is 2. The molecule has 11 heteroatoms. The Morgan fingerprint density at radius 1 is 0.492 bits per heavy atom. The largest absolute Gasteiger partial charge is 0.453 e. The van der Waals surface area contributed by atoms with E-state index in [2.05, 4.69) is 69.1 Å². The van der Waals surface area contributed by atoms with E-state index in [1.807, 2.05) is 79.7 Å². The maximum atomic E-state index is 13.8. The highest BCUT2D eigenvalue weighted by Crippen LogP contribution is 2.43. The highest BCUT2D eigenvalue weighted by atomic mass is 19.4. The van der Waals surface area contributed by atoms with Gasteiger partial charge in [-0.3, -0.25) is 0 Å². The van der Waals surface area contributed by atoms with Gasteiger partial charge in [-0.05, 0) is 118 Å². The Kier molecular flexibility index (Phi) is 8.97. The average molecular weight is 831 g/mol. The minimum absolute atomic E-state index is 0.00962. The predicted molar refractivity (Wildman–Crippen MR) is 243 cm³/mol. The fraction of sp³-hybridized carbons (Fsp3) is 0.0385. The number of para-hydroxylation sites is 2. The van der Waals surface area contributed by atoms with Crippen LogP contribution in [0.15, 0.2) is 180 Å². The summed E-state index contributed by atoms with van der Waals surface area (Å²) in [6.45, 7) is 1.97. The van der Waals surface area contributed by atoms with Crippen molar-refractivity contribution >= 4 is 56.2 Å². The molecule has 8 nitrogen and oxygen atoms in total. The van der Waals surface area contributed by atoms with Crippen molar-refractivity contribution in [1.29, 1.82) is 0 Å². The molecule has 11 rings (SSSR count). The topological polar surface area (TPSA) is 93.0 Å². The summed E-state index contributed by atoms with van der Waals surface area (Å²) >= 11 is 0. The lowest BCUT2D eigenvalue weighted by Gasteiger charge is -2.12. The second kappa shape index (κ2) is 15.0. The van der Waals surface area contributed by atoms with Gasteiger partial charge in [0.15, 0.2) is 23.1 Å². The minimum Gasteiger partial charge on any atom is -0.453 e. The van der Waals surface area contributed by atoms with Gasteiger partial charge < -0.3 is 20.1 Å². The number of halogens is 3. The van der Waals surface area contributed by atoms with Gasteiger partial charge in [0, 0.05) is 45.7 Å². The molecule has 0 radical (unpaired) electrons. The summed E-state index contributed by atoms with van der Waals surface area (Å²) in [6, 6.07) is 50.1. The van der Waals surface area contributed by atoms with Gasteiger partial charge in [0.25, 0.3) is 0 Å². The van der Waals surface area contributed by atoms with Gasteiger partial charge in [0.2, 0.25) is 0 Å². The molecule has 0 aliphatic carbocycles. The molecule has 0 fully saturated rings. The standard InChI is InChI=1S/C52H33F3N6O2/c1-30-22-44(62-38-12-4-2-5-13-38)50(56-28-30)60-48-40-25-35(23-33-10-8-16-42(58-48)46(33)40)31-18-20-32(21-19-31)36-24-34-11-9-17-43-47(34)41(26-36)49(59-43)61-51-45(63-39-14-6-3-7-15-39)27-37(29-57-51)52(53,54)55/h2-29H,1H3,(H,56,58,60)(H,57,59,61). The van der Waals surface area contributed by atoms with E-state index in [4.69, 9.17) is 19.5 Å². The molecule has 0 amide bonds. The smallest absolute Gasteiger partial charge is 0.418 e. The molecule has 0 spiro atoms. The highest BCUT2D eigenvalue weighted by Gasteiger charge is 2.33. The van der Waals surface area contributed by atoms with E-state index in [9.17, 15) is 13.2 Å². The van der Waals surface area contributed by atoms with Crippen LogP contribution in [0.2, 0.25) is 0 Å². The number of benzene rings is 7. The molecule has 0 saturated carbocycles. The van der Waals surface area contributed by atoms with Gasteiger partial charge in [-0.1, -0.05) is 84.9 Å². The molecular weight excluding hydrogens is 798 g/mol. The fourth-order valence-corrected chi connectivity index (χ4v) is 8.08. The zero-order valence-electron chi connectivity index (χ0n) is 33.4. The lowest BCUT2D eigenvalue weighted by atomic mass is 9.94. The van der Waals surface area contributed by atoms with Crippen molar-refractivity contribution in [2.24, 2.45) is 9.98 Å². The molecule has 2 aromatic heterocycles. The van der Waals surface area contributed by atoms with Crippen molar-refractivity contribution in [2.45, 2.75) is 13.1 Å². The van der Waals surface area contributed by atoms with Crippen molar-refractivity contribution in [3.63, 3.8) is 0 Å². The molecule has 2 aliphatic heterocycles. The molecule has 304 valence electrons.